The zero-order valence-corrected chi connectivity index (χ0v) is 12.9. The molecular formula is C12H18ClFN2O3S. The number of halogens is 2. The van der Waals surface area contributed by atoms with Gasteiger partial charge >= 0.3 is 0 Å². The summed E-state index contributed by atoms with van der Waals surface area (Å²) in [5, 5.41) is 0. The third kappa shape index (κ3) is 4.75. The molecule has 0 aromatic heterocycles. The molecular weight excluding hydrogens is 307 g/mol. The molecule has 0 fully saturated rings. The Morgan fingerprint density at radius 1 is 1.35 bits per heavy atom. The van der Waals surface area contributed by atoms with Gasteiger partial charge < -0.3 is 10.5 Å². The summed E-state index contributed by atoms with van der Waals surface area (Å²) in [6.45, 7) is 0.108. The van der Waals surface area contributed by atoms with E-state index in [1.807, 2.05) is 0 Å². The third-order valence-electron chi connectivity index (χ3n) is 2.44. The molecule has 114 valence electrons. The van der Waals surface area contributed by atoms with Crippen LogP contribution in [0.25, 0.3) is 0 Å². The predicted octanol–water partition coefficient (Wildman–Crippen LogP) is 1.55. The van der Waals surface area contributed by atoms with Crippen molar-refractivity contribution >= 4 is 22.4 Å². The first-order chi connectivity index (χ1) is 8.91. The minimum absolute atomic E-state index is 0. The molecule has 1 aromatic rings. The van der Waals surface area contributed by atoms with Crippen LogP contribution in [-0.4, -0.2) is 40.0 Å². The first kappa shape index (κ1) is 18.9. The van der Waals surface area contributed by atoms with Crippen LogP contribution >= 0.6 is 12.4 Å². The van der Waals surface area contributed by atoms with Crippen LogP contribution in [-0.2, 0) is 10.0 Å². The van der Waals surface area contributed by atoms with Gasteiger partial charge in [0.1, 0.15) is 12.4 Å². The van der Waals surface area contributed by atoms with Gasteiger partial charge in [0.2, 0.25) is 10.0 Å². The van der Waals surface area contributed by atoms with E-state index in [1.54, 1.807) is 0 Å². The molecule has 0 spiro atoms. The third-order valence-corrected chi connectivity index (χ3v) is 4.27. The van der Waals surface area contributed by atoms with E-state index in [4.69, 9.17) is 10.5 Å². The molecule has 1 aromatic carbocycles. The summed E-state index contributed by atoms with van der Waals surface area (Å²) in [6.07, 6.45) is 0.408. The van der Waals surface area contributed by atoms with Crippen molar-refractivity contribution in [1.82, 2.24) is 4.31 Å². The maximum atomic E-state index is 12.3. The molecule has 0 unspecified atom stereocenters. The van der Waals surface area contributed by atoms with E-state index in [-0.39, 0.29) is 30.5 Å². The van der Waals surface area contributed by atoms with Crippen molar-refractivity contribution in [3.63, 3.8) is 0 Å². The van der Waals surface area contributed by atoms with Gasteiger partial charge in [-0.1, -0.05) is 0 Å². The van der Waals surface area contributed by atoms with E-state index in [0.29, 0.717) is 17.7 Å². The molecule has 0 saturated heterocycles. The molecule has 0 heterocycles. The molecule has 1 rings (SSSR count). The van der Waals surface area contributed by atoms with Crippen molar-refractivity contribution in [3.05, 3.63) is 36.2 Å². The van der Waals surface area contributed by atoms with Crippen LogP contribution in [0.4, 0.5) is 4.39 Å². The molecule has 0 aliphatic carbocycles. The zero-order chi connectivity index (χ0) is 14.5. The SMILES string of the molecule is CN(C)S(=O)(=O)c1ccc(OC/C(=C/F)CN)cc1.Cl. The number of sulfonamides is 1. The maximum Gasteiger partial charge on any atom is 0.242 e. The largest absolute Gasteiger partial charge is 0.489 e. The van der Waals surface area contributed by atoms with E-state index in [2.05, 4.69) is 0 Å². The van der Waals surface area contributed by atoms with E-state index in [0.717, 1.165) is 4.31 Å². The van der Waals surface area contributed by atoms with Gasteiger partial charge in [0.05, 0.1) is 11.2 Å². The summed E-state index contributed by atoms with van der Waals surface area (Å²) in [7, 11) is -0.533. The Morgan fingerprint density at radius 2 is 1.90 bits per heavy atom. The fourth-order valence-electron chi connectivity index (χ4n) is 1.23. The van der Waals surface area contributed by atoms with E-state index in [9.17, 15) is 12.8 Å². The number of benzene rings is 1. The van der Waals surface area contributed by atoms with Gasteiger partial charge in [-0.15, -0.1) is 12.4 Å². The Kier molecular flexibility index (Phi) is 7.74. The van der Waals surface area contributed by atoms with Gasteiger partial charge in [-0.05, 0) is 24.3 Å². The highest BCUT2D eigenvalue weighted by atomic mass is 35.5. The maximum absolute atomic E-state index is 12.3. The number of hydrogen-bond acceptors (Lipinski definition) is 4. The van der Waals surface area contributed by atoms with Gasteiger partial charge in [0.25, 0.3) is 0 Å². The number of nitrogens with zero attached hydrogens (tertiary/aromatic N) is 1. The Balaban J connectivity index is 0.00000361. The second-order valence-electron chi connectivity index (χ2n) is 4.02. The standard InChI is InChI=1S/C12H17FN2O3S.ClH/c1-15(2)19(16,17)12-5-3-11(4-6-12)18-9-10(7-13)8-14;/h3-7H,8-9,14H2,1-2H3;1H/b10-7+;. The summed E-state index contributed by atoms with van der Waals surface area (Å²) in [4.78, 5) is 0.171. The quantitative estimate of drug-likeness (QED) is 0.861. The second kappa shape index (κ2) is 8.21. The van der Waals surface area contributed by atoms with Crippen LogP contribution in [0.1, 0.15) is 0 Å². The van der Waals surface area contributed by atoms with Gasteiger partial charge in [0.15, 0.2) is 0 Å². The molecule has 2 N–H and O–H groups in total. The Hall–Kier alpha value is -1.15. The lowest BCUT2D eigenvalue weighted by Crippen LogP contribution is -2.22. The fourth-order valence-corrected chi connectivity index (χ4v) is 2.13. The summed E-state index contributed by atoms with van der Waals surface area (Å²) in [6, 6.07) is 5.91. The van der Waals surface area contributed by atoms with Crippen molar-refractivity contribution in [2.75, 3.05) is 27.2 Å². The second-order valence-corrected chi connectivity index (χ2v) is 6.17. The van der Waals surface area contributed by atoms with Crippen LogP contribution in [0.3, 0.4) is 0 Å². The lowest BCUT2D eigenvalue weighted by atomic mass is 10.3. The van der Waals surface area contributed by atoms with Crippen LogP contribution in [0.15, 0.2) is 41.1 Å². The van der Waals surface area contributed by atoms with Gasteiger partial charge in [0, 0.05) is 26.2 Å². The Morgan fingerprint density at radius 3 is 2.30 bits per heavy atom. The minimum Gasteiger partial charge on any atom is -0.489 e. The van der Waals surface area contributed by atoms with Crippen molar-refractivity contribution in [1.29, 1.82) is 0 Å². The van der Waals surface area contributed by atoms with Gasteiger partial charge in [-0.2, -0.15) is 0 Å². The van der Waals surface area contributed by atoms with Crippen LogP contribution in [0.2, 0.25) is 0 Å². The molecule has 8 heteroatoms. The molecule has 0 bridgehead atoms. The molecule has 0 saturated carbocycles. The average molecular weight is 325 g/mol. The normalized spacial score (nSPS) is 12.2. The van der Waals surface area contributed by atoms with Gasteiger partial charge in [-0.25, -0.2) is 17.1 Å². The molecule has 5 nitrogen and oxygen atoms in total. The summed E-state index contributed by atoms with van der Waals surface area (Å²) in [5.74, 6) is 0.450. The highest BCUT2D eigenvalue weighted by Crippen LogP contribution is 2.18. The number of nitrogens with two attached hydrogens (primary N) is 1. The molecule has 0 aliphatic heterocycles. The first-order valence-electron chi connectivity index (χ1n) is 5.55. The highest BCUT2D eigenvalue weighted by molar-refractivity contribution is 7.89. The highest BCUT2D eigenvalue weighted by Gasteiger charge is 2.16. The zero-order valence-electron chi connectivity index (χ0n) is 11.2. The fraction of sp³-hybridized carbons (Fsp3) is 0.333. The lowest BCUT2D eigenvalue weighted by molar-refractivity contribution is 0.347. The molecule has 20 heavy (non-hydrogen) atoms. The van der Waals surface area contributed by atoms with Gasteiger partial charge in [-0.3, -0.25) is 0 Å². The smallest absolute Gasteiger partial charge is 0.242 e. The summed E-state index contributed by atoms with van der Waals surface area (Å²) >= 11 is 0. The monoisotopic (exact) mass is 324 g/mol. The molecule has 0 aliphatic rings. The Labute approximate surface area is 124 Å². The minimum atomic E-state index is -3.45. The van der Waals surface area contributed by atoms with E-state index in [1.165, 1.54) is 38.4 Å². The number of hydrogen-bond donors (Lipinski definition) is 1. The summed E-state index contributed by atoms with van der Waals surface area (Å²) in [5.41, 5.74) is 5.61. The van der Waals surface area contributed by atoms with Crippen molar-refractivity contribution in [2.24, 2.45) is 5.73 Å². The summed E-state index contributed by atoms with van der Waals surface area (Å²) < 4.78 is 42.3. The van der Waals surface area contributed by atoms with Crippen LogP contribution in [0, 0.1) is 0 Å². The topological polar surface area (TPSA) is 72.6 Å². The van der Waals surface area contributed by atoms with Crippen molar-refractivity contribution < 1.29 is 17.5 Å². The van der Waals surface area contributed by atoms with E-state index >= 15 is 0 Å². The predicted molar refractivity (Wildman–Crippen MR) is 78.3 cm³/mol. The van der Waals surface area contributed by atoms with Crippen molar-refractivity contribution in [3.8, 4) is 5.75 Å². The first-order valence-corrected chi connectivity index (χ1v) is 6.99. The molecule has 0 amide bonds. The number of ether oxygens (including phenoxy) is 1. The molecule has 0 atom stereocenters. The molecule has 0 radical (unpaired) electrons. The average Bonchev–Trinajstić information content (AvgIpc) is 2.40. The lowest BCUT2D eigenvalue weighted by Gasteiger charge is -2.12. The Bertz CT molecular complexity index is 544. The van der Waals surface area contributed by atoms with E-state index < -0.39 is 10.0 Å². The van der Waals surface area contributed by atoms with Crippen LogP contribution in [0.5, 0.6) is 5.75 Å². The van der Waals surface area contributed by atoms with Crippen molar-refractivity contribution in [2.45, 2.75) is 4.90 Å². The number of rotatable bonds is 6. The van der Waals surface area contributed by atoms with Crippen LogP contribution < -0.4 is 10.5 Å².